The molecule has 0 spiro atoms. The van der Waals surface area contributed by atoms with Gasteiger partial charge in [0.1, 0.15) is 22.1 Å². The number of aryl methyl sites for hydroxylation is 1. The Balaban J connectivity index is 1.29. The number of phenolic OH excluding ortho intramolecular Hbond substituents is 1. The van der Waals surface area contributed by atoms with Crippen LogP contribution in [0.1, 0.15) is 44.3 Å². The van der Waals surface area contributed by atoms with Gasteiger partial charge < -0.3 is 16.2 Å². The molecule has 0 aliphatic heterocycles. The number of hydrogen-bond acceptors (Lipinski definition) is 8. The number of aldehydes is 1. The van der Waals surface area contributed by atoms with Gasteiger partial charge in [-0.15, -0.1) is 0 Å². The van der Waals surface area contributed by atoms with E-state index in [9.17, 15) is 19.1 Å². The van der Waals surface area contributed by atoms with Gasteiger partial charge in [0.15, 0.2) is 29.4 Å². The fourth-order valence-corrected chi connectivity index (χ4v) is 5.74. The maximum atomic E-state index is 14.8. The summed E-state index contributed by atoms with van der Waals surface area (Å²) in [4.78, 5) is 38.4. The van der Waals surface area contributed by atoms with Crippen LogP contribution in [0.3, 0.4) is 0 Å². The topological polar surface area (TPSA) is 154 Å². The number of carbonyl (C=O) groups is 2. The second kappa shape index (κ2) is 10.6. The lowest BCUT2D eigenvalue weighted by atomic mass is 10.1. The number of aromatic hydroxyl groups is 1. The molecule has 1 amide bonds. The molecule has 0 saturated carbocycles. The van der Waals surface area contributed by atoms with Crippen LogP contribution in [-0.2, 0) is 6.42 Å². The number of anilines is 1. The number of phenols is 1. The first kappa shape index (κ1) is 27.2. The van der Waals surface area contributed by atoms with Gasteiger partial charge in [0.05, 0.1) is 22.7 Å². The van der Waals surface area contributed by atoms with Gasteiger partial charge in [-0.3, -0.25) is 14.2 Å². The van der Waals surface area contributed by atoms with E-state index < -0.39 is 34.1 Å². The van der Waals surface area contributed by atoms with Gasteiger partial charge in [-0.25, -0.2) is 24.0 Å². The minimum Gasteiger partial charge on any atom is -0.506 e. The second-order valence-electron chi connectivity index (χ2n) is 10.2. The van der Waals surface area contributed by atoms with Gasteiger partial charge in [0.25, 0.3) is 5.91 Å². The molecule has 0 radical (unpaired) electrons. The van der Waals surface area contributed by atoms with Crippen LogP contribution in [0.2, 0.25) is 5.02 Å². The smallest absolute Gasteiger partial charge is 0.254 e. The minimum absolute atomic E-state index is 0.278. The van der Waals surface area contributed by atoms with E-state index >= 15 is 0 Å². The number of nitrogens with two attached hydrogens (primary N) is 1. The Labute approximate surface area is 253 Å². The number of carbonyl (C=O) groups excluding carboxylic acids is 2. The fourth-order valence-electron chi connectivity index (χ4n) is 5.53. The van der Waals surface area contributed by atoms with Crippen molar-refractivity contribution in [3.8, 4) is 28.6 Å². The third-order valence-corrected chi connectivity index (χ3v) is 8.00. The van der Waals surface area contributed by atoms with Crippen molar-refractivity contribution < 1.29 is 19.1 Å². The van der Waals surface area contributed by atoms with Gasteiger partial charge in [-0.05, 0) is 72.5 Å². The molecule has 0 saturated heterocycles. The average molecular weight is 609 g/mol. The number of nitrogens with one attached hydrogen (secondary N) is 1. The molecular formula is C31H22ClFN8O3. The SMILES string of the molecule is Nc1ncccc1-c1nc2ccc(-n3cccn3)nc2n1-c1ccc2c(c1)CC[C@@H]2NC(=O)c1cc(C=O)c(O)c(Cl)c1F. The zero-order valence-corrected chi connectivity index (χ0v) is 23.5. The summed E-state index contributed by atoms with van der Waals surface area (Å²) in [5.41, 5.74) is 10.0. The number of nitrogen functional groups attached to an aromatic ring is 1. The lowest BCUT2D eigenvalue weighted by Crippen LogP contribution is -2.28. The van der Waals surface area contributed by atoms with E-state index in [0.717, 1.165) is 22.9 Å². The first-order chi connectivity index (χ1) is 21.3. The number of halogens is 2. The molecule has 0 unspecified atom stereocenters. The number of aromatic nitrogens is 6. The van der Waals surface area contributed by atoms with E-state index in [-0.39, 0.29) is 5.56 Å². The number of pyridine rings is 2. The van der Waals surface area contributed by atoms with Crippen LogP contribution in [-0.4, -0.2) is 46.6 Å². The quantitative estimate of drug-likeness (QED) is 0.224. The van der Waals surface area contributed by atoms with Crippen LogP contribution in [0.4, 0.5) is 10.2 Å². The number of hydrogen-bond donors (Lipinski definition) is 3. The van der Waals surface area contributed by atoms with E-state index in [1.165, 1.54) is 0 Å². The molecule has 44 heavy (non-hydrogen) atoms. The zero-order chi connectivity index (χ0) is 30.5. The molecule has 6 aromatic rings. The summed E-state index contributed by atoms with van der Waals surface area (Å²) < 4.78 is 18.3. The lowest BCUT2D eigenvalue weighted by molar-refractivity contribution is 0.0932. The number of nitrogens with zero attached hydrogens (tertiary/aromatic N) is 6. The third-order valence-electron chi connectivity index (χ3n) is 7.66. The number of rotatable bonds is 6. The maximum absolute atomic E-state index is 14.8. The summed E-state index contributed by atoms with van der Waals surface area (Å²) in [6.07, 6.45) is 6.59. The molecule has 4 N–H and O–H groups in total. The van der Waals surface area contributed by atoms with E-state index in [1.807, 2.05) is 47.0 Å². The van der Waals surface area contributed by atoms with Crippen molar-refractivity contribution in [1.82, 2.24) is 34.6 Å². The molecule has 1 atom stereocenters. The molecule has 11 nitrogen and oxygen atoms in total. The predicted octanol–water partition coefficient (Wildman–Crippen LogP) is 4.98. The molecule has 7 rings (SSSR count). The minimum atomic E-state index is -1.10. The zero-order valence-electron chi connectivity index (χ0n) is 22.8. The van der Waals surface area contributed by atoms with Gasteiger partial charge in [-0.2, -0.15) is 5.10 Å². The largest absolute Gasteiger partial charge is 0.506 e. The van der Waals surface area contributed by atoms with Gasteiger partial charge in [0.2, 0.25) is 0 Å². The summed E-state index contributed by atoms with van der Waals surface area (Å²) in [5, 5.41) is 16.3. The van der Waals surface area contributed by atoms with Crippen LogP contribution in [0.5, 0.6) is 5.75 Å². The van der Waals surface area contributed by atoms with Gasteiger partial charge in [0, 0.05) is 24.3 Å². The molecule has 4 aromatic heterocycles. The van der Waals surface area contributed by atoms with Crippen LogP contribution in [0, 0.1) is 5.82 Å². The van der Waals surface area contributed by atoms with Crippen LogP contribution in [0.25, 0.3) is 34.1 Å². The van der Waals surface area contributed by atoms with Crippen molar-refractivity contribution in [2.75, 3.05) is 5.73 Å². The summed E-state index contributed by atoms with van der Waals surface area (Å²) >= 11 is 5.83. The number of benzene rings is 2. The summed E-state index contributed by atoms with van der Waals surface area (Å²) in [6, 6.07) is 15.5. The normalized spacial score (nSPS) is 14.1. The second-order valence-corrected chi connectivity index (χ2v) is 10.6. The Hall–Kier alpha value is -5.62. The number of imidazole rings is 1. The van der Waals surface area contributed by atoms with Gasteiger partial charge in [-0.1, -0.05) is 17.7 Å². The fraction of sp³-hybridized carbons (Fsp3) is 0.0968. The number of amides is 1. The maximum Gasteiger partial charge on any atom is 0.254 e. The lowest BCUT2D eigenvalue weighted by Gasteiger charge is -2.16. The Morgan fingerprint density at radius 2 is 2.00 bits per heavy atom. The van der Waals surface area contributed by atoms with Crippen molar-refractivity contribution in [1.29, 1.82) is 0 Å². The molecule has 1 aliphatic carbocycles. The van der Waals surface area contributed by atoms with Crippen molar-refractivity contribution in [2.45, 2.75) is 18.9 Å². The van der Waals surface area contributed by atoms with Crippen molar-refractivity contribution in [2.24, 2.45) is 0 Å². The highest BCUT2D eigenvalue weighted by molar-refractivity contribution is 6.33. The Morgan fingerprint density at radius 1 is 1.14 bits per heavy atom. The molecular weight excluding hydrogens is 587 g/mol. The predicted molar refractivity (Wildman–Crippen MR) is 161 cm³/mol. The summed E-state index contributed by atoms with van der Waals surface area (Å²) in [5.74, 6) is -1.07. The standard InChI is InChI=1S/C31H22ClFN8O3/c32-25-26(33)21(14-17(15-42)27(25)43)31(44)38-22-7-4-16-13-18(5-6-19(16)22)41-29(20-3-1-10-35-28(20)34)37-23-8-9-24(39-30(23)41)40-12-2-11-36-40/h1-3,5-6,8-15,22,43H,4,7H2,(H2,34,35)(H,38,44)/t22-/m0/s1. The van der Waals surface area contributed by atoms with E-state index in [2.05, 4.69) is 15.4 Å². The van der Waals surface area contributed by atoms with E-state index in [1.54, 1.807) is 29.3 Å². The molecule has 218 valence electrons. The highest BCUT2D eigenvalue weighted by Gasteiger charge is 2.28. The monoisotopic (exact) mass is 608 g/mol. The van der Waals surface area contributed by atoms with Crippen molar-refractivity contribution >= 4 is 40.8 Å². The molecule has 4 heterocycles. The Kier molecular flexibility index (Phi) is 6.55. The number of fused-ring (bicyclic) bond motifs is 2. The van der Waals surface area contributed by atoms with Crippen LogP contribution >= 0.6 is 11.6 Å². The third kappa shape index (κ3) is 4.43. The first-order valence-electron chi connectivity index (χ1n) is 13.5. The van der Waals surface area contributed by atoms with Crippen molar-refractivity contribution in [3.63, 3.8) is 0 Å². The van der Waals surface area contributed by atoms with Gasteiger partial charge >= 0.3 is 0 Å². The molecule has 0 bridgehead atoms. The molecule has 2 aromatic carbocycles. The highest BCUT2D eigenvalue weighted by Crippen LogP contribution is 2.37. The molecule has 0 fully saturated rings. The van der Waals surface area contributed by atoms with E-state index in [0.29, 0.717) is 53.3 Å². The summed E-state index contributed by atoms with van der Waals surface area (Å²) in [7, 11) is 0. The molecule has 13 heteroatoms. The van der Waals surface area contributed by atoms with Crippen LogP contribution in [0.15, 0.2) is 73.2 Å². The Bertz CT molecular complexity index is 2110. The molecule has 1 aliphatic rings. The van der Waals surface area contributed by atoms with Crippen LogP contribution < -0.4 is 11.1 Å². The first-order valence-corrected chi connectivity index (χ1v) is 13.9. The summed E-state index contributed by atoms with van der Waals surface area (Å²) in [6.45, 7) is 0. The average Bonchev–Trinajstić information content (AvgIpc) is 3.79. The van der Waals surface area contributed by atoms with Crippen molar-refractivity contribution in [3.05, 3.63) is 106 Å². The Morgan fingerprint density at radius 3 is 2.77 bits per heavy atom. The highest BCUT2D eigenvalue weighted by atomic mass is 35.5. The van der Waals surface area contributed by atoms with E-state index in [4.69, 9.17) is 27.3 Å².